The molecule has 0 saturated heterocycles. The van der Waals surface area contributed by atoms with Crippen molar-refractivity contribution in [2.24, 2.45) is 5.92 Å². The lowest BCUT2D eigenvalue weighted by Crippen LogP contribution is -2.68. The fourth-order valence-corrected chi connectivity index (χ4v) is 5.46. The van der Waals surface area contributed by atoms with E-state index in [4.69, 9.17) is 36.4 Å². The number of nitrogens with one attached hydrogen (secondary N) is 1. The van der Waals surface area contributed by atoms with Crippen LogP contribution in [0.1, 0.15) is 43.4 Å². The first-order valence-corrected chi connectivity index (χ1v) is 15.8. The largest absolute Gasteiger partial charge is 0.457 e. The van der Waals surface area contributed by atoms with E-state index in [1.807, 2.05) is 56.3 Å². The monoisotopic (exact) mass is 686 g/mol. The van der Waals surface area contributed by atoms with Crippen LogP contribution in [-0.2, 0) is 9.53 Å². The molecule has 7 atom stereocenters. The van der Waals surface area contributed by atoms with E-state index in [-0.39, 0.29) is 12.3 Å². The van der Waals surface area contributed by atoms with Gasteiger partial charge in [0.1, 0.15) is 35.4 Å². The van der Waals surface area contributed by atoms with Crippen LogP contribution in [0.5, 0.6) is 11.5 Å². The number of benzene rings is 3. The topological polar surface area (TPSA) is 213 Å². The van der Waals surface area contributed by atoms with Gasteiger partial charge in [0.15, 0.2) is 0 Å². The van der Waals surface area contributed by atoms with E-state index >= 15 is 0 Å². The molecule has 1 fully saturated rings. The molecule has 1 aliphatic carbocycles. The van der Waals surface area contributed by atoms with Crippen LogP contribution in [-0.4, -0.2) is 97.5 Å². The minimum atomic E-state index is -1.94. The molecule has 0 aliphatic heterocycles. The summed E-state index contributed by atoms with van der Waals surface area (Å²) in [6, 6.07) is 23.9. The van der Waals surface area contributed by atoms with Gasteiger partial charge in [-0.1, -0.05) is 67.9 Å². The Hall–Kier alpha value is -3.61. The Labute approximate surface area is 284 Å². The summed E-state index contributed by atoms with van der Waals surface area (Å²) in [6.07, 6.45) is -5.94. The van der Waals surface area contributed by atoms with Crippen LogP contribution in [0.4, 0.5) is 0 Å². The molecule has 4 rings (SSSR count). The summed E-state index contributed by atoms with van der Waals surface area (Å²) in [6.45, 7) is 2.32. The third kappa shape index (κ3) is 10.2. The van der Waals surface area contributed by atoms with Crippen LogP contribution in [0.25, 0.3) is 0 Å². The van der Waals surface area contributed by atoms with Gasteiger partial charge >= 0.3 is 5.97 Å². The number of para-hydroxylation sites is 1. The highest BCUT2D eigenvalue weighted by molar-refractivity contribution is 6.30. The first-order valence-electron chi connectivity index (χ1n) is 15.4. The number of carbonyl (C=O) groups is 1. The molecule has 0 bridgehead atoms. The van der Waals surface area contributed by atoms with Gasteiger partial charge in [0.2, 0.25) is 6.10 Å². The fraction of sp³-hybridized carbons (Fsp3) is 0.429. The number of ether oxygens (including phenoxy) is 2. The first kappa shape index (κ1) is 38.8. The molecular weight excluding hydrogens is 644 g/mol. The van der Waals surface area contributed by atoms with E-state index < -0.39 is 73.8 Å². The van der Waals surface area contributed by atoms with Crippen molar-refractivity contribution in [3.63, 3.8) is 0 Å². The predicted octanol–water partition coefficient (Wildman–Crippen LogP) is 2.19. The second kappa shape index (κ2) is 18.2. The molecule has 3 aromatic rings. The van der Waals surface area contributed by atoms with Crippen LogP contribution >= 0.6 is 11.6 Å². The number of hydrogen-bond donors (Lipinski definition) is 8. The van der Waals surface area contributed by atoms with Crippen molar-refractivity contribution in [2.75, 3.05) is 19.8 Å². The van der Waals surface area contributed by atoms with Gasteiger partial charge in [-0.25, -0.2) is 0 Å². The van der Waals surface area contributed by atoms with Crippen LogP contribution in [0, 0.1) is 17.2 Å². The number of carbonyl (C=O) groups excluding carboxylic acids is 1. The standard InChI is InChI=1S/C25H22ClNO3.C10H21NO7/c1-17(2)24(18-11-13-20(26)14-12-18)25(28)30-23(16-27)19-7-6-10-22(15-19)29-21-8-4-3-5-9-21;12-2-5(3-13)11-6-1-10(18,4-14)9(17)8(16)7(6)15/h3-15,17,23-24H,1-2H3;5-9,11-18H,1-4H2/t;6-,7-,8+,9-,10-/m.0/s1. The number of aliphatic hydroxyl groups excluding tert-OH is 6. The molecule has 3 aromatic carbocycles. The second-order valence-electron chi connectivity index (χ2n) is 11.9. The molecule has 0 radical (unpaired) electrons. The van der Waals surface area contributed by atoms with Crippen LogP contribution < -0.4 is 10.1 Å². The number of aliphatic hydroxyl groups is 7. The van der Waals surface area contributed by atoms with Crippen molar-refractivity contribution in [2.45, 2.75) is 68.3 Å². The predicted molar refractivity (Wildman–Crippen MR) is 176 cm³/mol. The summed E-state index contributed by atoms with van der Waals surface area (Å²) in [5.41, 5.74) is -0.582. The SMILES string of the molecule is CC(C)C(C(=O)OC(C#N)c1cccc(Oc2ccccc2)c1)c1ccc(Cl)cc1.OCC(CO)N[C@H]1C[C@](O)(CO)[C@@H](O)[C@H](O)[C@H]1O. The quantitative estimate of drug-likeness (QED) is 0.129. The number of halogens is 1. The van der Waals surface area contributed by atoms with Crippen LogP contribution in [0.15, 0.2) is 78.9 Å². The van der Waals surface area contributed by atoms with E-state index in [1.54, 1.807) is 36.4 Å². The Morgan fingerprint density at radius 1 is 0.938 bits per heavy atom. The fourth-order valence-electron chi connectivity index (χ4n) is 5.33. The van der Waals surface area contributed by atoms with Gasteiger partial charge in [-0.05, 0) is 54.3 Å². The smallest absolute Gasteiger partial charge is 0.315 e. The first-order chi connectivity index (χ1) is 22.9. The third-order valence-corrected chi connectivity index (χ3v) is 8.27. The lowest BCUT2D eigenvalue weighted by Gasteiger charge is -2.46. The minimum absolute atomic E-state index is 0.00855. The van der Waals surface area contributed by atoms with Gasteiger partial charge in [-0.2, -0.15) is 5.26 Å². The normalized spacial score (nSPS) is 23.4. The van der Waals surface area contributed by atoms with E-state index in [9.17, 15) is 30.5 Å². The molecule has 8 N–H and O–H groups in total. The highest BCUT2D eigenvalue weighted by atomic mass is 35.5. The Balaban J connectivity index is 0.000000297. The van der Waals surface area contributed by atoms with Crippen LogP contribution in [0.2, 0.25) is 5.02 Å². The van der Waals surface area contributed by atoms with Crippen molar-refractivity contribution in [1.82, 2.24) is 5.32 Å². The van der Waals surface area contributed by atoms with Crippen molar-refractivity contribution >= 4 is 17.6 Å². The highest BCUT2D eigenvalue weighted by Crippen LogP contribution is 2.32. The lowest BCUT2D eigenvalue weighted by atomic mass is 9.76. The van der Waals surface area contributed by atoms with E-state index in [2.05, 4.69) is 11.4 Å². The van der Waals surface area contributed by atoms with Gasteiger partial charge in [0.25, 0.3) is 0 Å². The maximum absolute atomic E-state index is 13.0. The maximum atomic E-state index is 13.0. The molecule has 0 heterocycles. The highest BCUT2D eigenvalue weighted by Gasteiger charge is 2.51. The third-order valence-electron chi connectivity index (χ3n) is 8.01. The molecule has 0 spiro atoms. The van der Waals surface area contributed by atoms with Crippen LogP contribution in [0.3, 0.4) is 0 Å². The van der Waals surface area contributed by atoms with E-state index in [0.29, 0.717) is 22.1 Å². The lowest BCUT2D eigenvalue weighted by molar-refractivity contribution is -0.207. The summed E-state index contributed by atoms with van der Waals surface area (Å²) >= 11 is 5.96. The van der Waals surface area contributed by atoms with Gasteiger partial charge in [0.05, 0.1) is 37.9 Å². The zero-order valence-electron chi connectivity index (χ0n) is 26.6. The van der Waals surface area contributed by atoms with E-state index in [0.717, 1.165) is 5.56 Å². The Morgan fingerprint density at radius 3 is 2.12 bits per heavy atom. The van der Waals surface area contributed by atoms with Crippen molar-refractivity contribution in [3.05, 3.63) is 95.0 Å². The molecule has 260 valence electrons. The molecule has 2 unspecified atom stereocenters. The zero-order chi connectivity index (χ0) is 35.4. The van der Waals surface area contributed by atoms with Crippen molar-refractivity contribution < 1.29 is 50.0 Å². The zero-order valence-corrected chi connectivity index (χ0v) is 27.4. The van der Waals surface area contributed by atoms with Gasteiger partial charge in [0, 0.05) is 16.6 Å². The van der Waals surface area contributed by atoms with Crippen molar-refractivity contribution in [3.8, 4) is 17.6 Å². The summed E-state index contributed by atoms with van der Waals surface area (Å²) in [7, 11) is 0. The average Bonchev–Trinajstić information content (AvgIpc) is 3.09. The molecule has 1 aliphatic rings. The second-order valence-corrected chi connectivity index (χ2v) is 12.4. The molecule has 0 amide bonds. The number of hydrogen-bond acceptors (Lipinski definition) is 12. The van der Waals surface area contributed by atoms with Gasteiger partial charge in [-0.3, -0.25) is 4.79 Å². The minimum Gasteiger partial charge on any atom is -0.457 e. The molecule has 1 saturated carbocycles. The number of nitriles is 1. The Morgan fingerprint density at radius 2 is 1.56 bits per heavy atom. The average molecular weight is 687 g/mol. The Bertz CT molecular complexity index is 1470. The van der Waals surface area contributed by atoms with E-state index in [1.165, 1.54) is 0 Å². The van der Waals surface area contributed by atoms with Gasteiger partial charge < -0.3 is 50.5 Å². The summed E-state index contributed by atoms with van der Waals surface area (Å²) < 4.78 is 11.4. The number of esters is 1. The van der Waals surface area contributed by atoms with Crippen molar-refractivity contribution in [1.29, 1.82) is 5.26 Å². The molecule has 48 heavy (non-hydrogen) atoms. The number of nitrogens with zero attached hydrogens (tertiary/aromatic N) is 1. The number of rotatable bonds is 12. The molecule has 13 heteroatoms. The molecule has 12 nitrogen and oxygen atoms in total. The summed E-state index contributed by atoms with van der Waals surface area (Å²) in [5.74, 6) is 0.289. The molecular formula is C35H43ClN2O10. The molecule has 0 aromatic heterocycles. The van der Waals surface area contributed by atoms with Gasteiger partial charge in [-0.15, -0.1) is 0 Å². The maximum Gasteiger partial charge on any atom is 0.315 e. The summed E-state index contributed by atoms with van der Waals surface area (Å²) in [4.78, 5) is 13.0. The summed E-state index contributed by atoms with van der Waals surface area (Å²) in [5, 5.41) is 78.7. The Kier molecular flexibility index (Phi) is 14.8.